The summed E-state index contributed by atoms with van der Waals surface area (Å²) in [4.78, 5) is 14.2. The number of hydrogen-bond donors (Lipinski definition) is 1. The van der Waals surface area contributed by atoms with E-state index < -0.39 is 0 Å². The molecule has 0 radical (unpaired) electrons. The van der Waals surface area contributed by atoms with Gasteiger partial charge in [0.1, 0.15) is 0 Å². The van der Waals surface area contributed by atoms with Crippen molar-refractivity contribution in [2.75, 3.05) is 13.1 Å². The summed E-state index contributed by atoms with van der Waals surface area (Å²) >= 11 is 5.83. The van der Waals surface area contributed by atoms with Crippen LogP contribution in [-0.2, 0) is 0 Å². The Kier molecular flexibility index (Phi) is 4.25. The number of amides is 1. The van der Waals surface area contributed by atoms with Gasteiger partial charge in [-0.2, -0.15) is 0 Å². The van der Waals surface area contributed by atoms with Gasteiger partial charge in [-0.25, -0.2) is 0 Å². The molecule has 0 aliphatic carbocycles. The second kappa shape index (κ2) is 5.72. The maximum atomic E-state index is 12.3. The fraction of sp³-hybridized carbons (Fsp3) is 0.500. The average molecular weight is 267 g/mol. The fourth-order valence-corrected chi connectivity index (χ4v) is 2.57. The van der Waals surface area contributed by atoms with Gasteiger partial charge in [0.25, 0.3) is 5.91 Å². The maximum Gasteiger partial charge on any atom is 0.253 e. The summed E-state index contributed by atoms with van der Waals surface area (Å²) in [5, 5.41) is 0.652. The van der Waals surface area contributed by atoms with E-state index in [2.05, 4.69) is 6.92 Å². The lowest BCUT2D eigenvalue weighted by atomic mass is 9.90. The summed E-state index contributed by atoms with van der Waals surface area (Å²) in [6.45, 7) is 3.64. The Hall–Kier alpha value is -1.06. The second-order valence-electron chi connectivity index (χ2n) is 4.88. The van der Waals surface area contributed by atoms with E-state index in [-0.39, 0.29) is 11.9 Å². The van der Waals surface area contributed by atoms with Gasteiger partial charge in [0.05, 0.1) is 0 Å². The summed E-state index contributed by atoms with van der Waals surface area (Å²) in [6, 6.07) is 7.29. The Morgan fingerprint density at radius 3 is 2.72 bits per heavy atom. The molecule has 4 heteroatoms. The van der Waals surface area contributed by atoms with Gasteiger partial charge in [0.15, 0.2) is 0 Å². The quantitative estimate of drug-likeness (QED) is 0.894. The number of nitrogens with zero attached hydrogens (tertiary/aromatic N) is 1. The van der Waals surface area contributed by atoms with Crippen LogP contribution in [0.3, 0.4) is 0 Å². The van der Waals surface area contributed by atoms with Crippen LogP contribution in [0.1, 0.15) is 30.1 Å². The van der Waals surface area contributed by atoms with Crippen LogP contribution >= 0.6 is 11.6 Å². The molecule has 0 saturated carbocycles. The highest BCUT2D eigenvalue weighted by Gasteiger charge is 2.28. The lowest BCUT2D eigenvalue weighted by Crippen LogP contribution is -2.49. The van der Waals surface area contributed by atoms with Crippen LogP contribution in [-0.4, -0.2) is 29.9 Å². The minimum atomic E-state index is 0.0806. The first-order chi connectivity index (χ1) is 8.61. The summed E-state index contributed by atoms with van der Waals surface area (Å²) in [6.07, 6.45) is 1.91. The molecule has 0 aromatic heterocycles. The van der Waals surface area contributed by atoms with Crippen LogP contribution in [0, 0.1) is 5.92 Å². The Morgan fingerprint density at radius 2 is 2.11 bits per heavy atom. The van der Waals surface area contributed by atoms with Crippen molar-refractivity contribution < 1.29 is 4.79 Å². The molecule has 3 nitrogen and oxygen atoms in total. The van der Waals surface area contributed by atoms with Crippen LogP contribution in [0.5, 0.6) is 0 Å². The Bertz CT molecular complexity index is 418. The van der Waals surface area contributed by atoms with E-state index in [1.54, 1.807) is 24.3 Å². The molecule has 1 saturated heterocycles. The zero-order valence-corrected chi connectivity index (χ0v) is 11.4. The molecule has 2 atom stereocenters. The highest BCUT2D eigenvalue weighted by atomic mass is 35.5. The molecule has 1 aromatic carbocycles. The molecule has 1 aliphatic rings. The minimum Gasteiger partial charge on any atom is -0.338 e. The molecule has 2 rings (SSSR count). The van der Waals surface area contributed by atoms with Crippen molar-refractivity contribution in [1.82, 2.24) is 4.90 Å². The number of nitrogens with two attached hydrogens (primary N) is 1. The average Bonchev–Trinajstić information content (AvgIpc) is 2.39. The highest BCUT2D eigenvalue weighted by Crippen LogP contribution is 2.21. The molecule has 98 valence electrons. The molecule has 1 aliphatic heterocycles. The fourth-order valence-electron chi connectivity index (χ4n) is 2.44. The molecule has 18 heavy (non-hydrogen) atoms. The predicted molar refractivity (Wildman–Crippen MR) is 73.7 cm³/mol. The highest BCUT2D eigenvalue weighted by molar-refractivity contribution is 6.30. The first-order valence-corrected chi connectivity index (χ1v) is 6.80. The Labute approximate surface area is 113 Å². The second-order valence-corrected chi connectivity index (χ2v) is 5.32. The SMILES string of the molecule is CCC1CN(C(=O)c2ccc(Cl)cc2)CCC1N. The van der Waals surface area contributed by atoms with Gasteiger partial charge in [-0.05, 0) is 36.6 Å². The number of piperidine rings is 1. The molecule has 2 unspecified atom stereocenters. The first-order valence-electron chi connectivity index (χ1n) is 6.42. The first kappa shape index (κ1) is 13.4. The largest absolute Gasteiger partial charge is 0.338 e. The number of likely N-dealkylation sites (tertiary alicyclic amines) is 1. The van der Waals surface area contributed by atoms with Crippen LogP contribution in [0.2, 0.25) is 5.02 Å². The Morgan fingerprint density at radius 1 is 1.44 bits per heavy atom. The standard InChI is InChI=1S/C14H19ClN2O/c1-2-10-9-17(8-7-13(10)16)14(18)11-3-5-12(15)6-4-11/h3-6,10,13H,2,7-9,16H2,1H3. The monoisotopic (exact) mass is 266 g/mol. The lowest BCUT2D eigenvalue weighted by molar-refractivity contribution is 0.0649. The number of benzene rings is 1. The van der Waals surface area contributed by atoms with Crippen molar-refractivity contribution in [3.8, 4) is 0 Å². The third-order valence-corrected chi connectivity index (χ3v) is 3.95. The van der Waals surface area contributed by atoms with Gasteiger partial charge >= 0.3 is 0 Å². The number of hydrogen-bond acceptors (Lipinski definition) is 2. The third-order valence-electron chi connectivity index (χ3n) is 3.70. The molecule has 2 N–H and O–H groups in total. The number of carbonyl (C=O) groups is 1. The van der Waals surface area contributed by atoms with Crippen molar-refractivity contribution in [3.63, 3.8) is 0 Å². The van der Waals surface area contributed by atoms with E-state index in [9.17, 15) is 4.79 Å². The number of rotatable bonds is 2. The van der Waals surface area contributed by atoms with Crippen molar-refractivity contribution in [1.29, 1.82) is 0 Å². The van der Waals surface area contributed by atoms with Gasteiger partial charge < -0.3 is 10.6 Å². The van der Waals surface area contributed by atoms with Gasteiger partial charge in [0.2, 0.25) is 0 Å². The van der Waals surface area contributed by atoms with Gasteiger partial charge in [-0.15, -0.1) is 0 Å². The smallest absolute Gasteiger partial charge is 0.253 e. The van der Waals surface area contributed by atoms with E-state index in [1.165, 1.54) is 0 Å². The van der Waals surface area contributed by atoms with Gasteiger partial charge in [0, 0.05) is 29.7 Å². The van der Waals surface area contributed by atoms with Crippen LogP contribution < -0.4 is 5.73 Å². The van der Waals surface area contributed by atoms with Crippen molar-refractivity contribution in [2.45, 2.75) is 25.8 Å². The zero-order valence-electron chi connectivity index (χ0n) is 10.6. The molecule has 0 spiro atoms. The van der Waals surface area contributed by atoms with E-state index in [0.29, 0.717) is 16.5 Å². The summed E-state index contributed by atoms with van der Waals surface area (Å²) in [7, 11) is 0. The summed E-state index contributed by atoms with van der Waals surface area (Å²) in [5.41, 5.74) is 6.75. The van der Waals surface area contributed by atoms with Crippen LogP contribution in [0.4, 0.5) is 0 Å². The molecule has 0 bridgehead atoms. The normalized spacial score (nSPS) is 24.1. The van der Waals surface area contributed by atoms with E-state index in [4.69, 9.17) is 17.3 Å². The maximum absolute atomic E-state index is 12.3. The number of carbonyl (C=O) groups excluding carboxylic acids is 1. The van der Waals surface area contributed by atoms with Crippen LogP contribution in [0.25, 0.3) is 0 Å². The topological polar surface area (TPSA) is 46.3 Å². The molecule has 1 amide bonds. The van der Waals surface area contributed by atoms with E-state index >= 15 is 0 Å². The molecular weight excluding hydrogens is 248 g/mol. The number of halogens is 1. The van der Waals surface area contributed by atoms with Gasteiger partial charge in [-0.3, -0.25) is 4.79 Å². The van der Waals surface area contributed by atoms with E-state index in [1.807, 2.05) is 4.90 Å². The summed E-state index contributed by atoms with van der Waals surface area (Å²) < 4.78 is 0. The predicted octanol–water partition coefficient (Wildman–Crippen LogP) is 2.54. The van der Waals surface area contributed by atoms with Gasteiger partial charge in [-0.1, -0.05) is 24.9 Å². The van der Waals surface area contributed by atoms with Crippen molar-refractivity contribution >= 4 is 17.5 Å². The molecular formula is C14H19ClN2O. The van der Waals surface area contributed by atoms with Crippen molar-refractivity contribution in [3.05, 3.63) is 34.9 Å². The van der Waals surface area contributed by atoms with Crippen LogP contribution in [0.15, 0.2) is 24.3 Å². The summed E-state index contributed by atoms with van der Waals surface area (Å²) in [5.74, 6) is 0.493. The van der Waals surface area contributed by atoms with Crippen molar-refractivity contribution in [2.24, 2.45) is 11.7 Å². The minimum absolute atomic E-state index is 0.0806. The molecule has 1 aromatic rings. The third kappa shape index (κ3) is 2.85. The van der Waals surface area contributed by atoms with E-state index in [0.717, 1.165) is 25.9 Å². The molecule has 1 heterocycles. The Balaban J connectivity index is 2.07. The molecule has 1 fully saturated rings. The lowest BCUT2D eigenvalue weighted by Gasteiger charge is -2.36. The zero-order chi connectivity index (χ0) is 13.1.